The van der Waals surface area contributed by atoms with Crippen molar-refractivity contribution in [2.75, 3.05) is 13.7 Å². The van der Waals surface area contributed by atoms with E-state index in [0.717, 1.165) is 22.6 Å². The molecule has 0 atom stereocenters. The average Bonchev–Trinajstić information content (AvgIpc) is 3.03. The van der Waals surface area contributed by atoms with Crippen LogP contribution in [0, 0.1) is 6.92 Å². The molecule has 1 N–H and O–H groups in total. The first kappa shape index (κ1) is 17.7. The highest BCUT2D eigenvalue weighted by Gasteiger charge is 2.14. The van der Waals surface area contributed by atoms with Gasteiger partial charge in [0.1, 0.15) is 11.5 Å². The minimum atomic E-state index is -0.0845. The van der Waals surface area contributed by atoms with Crippen molar-refractivity contribution in [2.24, 2.45) is 0 Å². The number of rotatable bonds is 7. The Kier molecular flexibility index (Phi) is 5.69. The first-order chi connectivity index (χ1) is 12.7. The number of aryl methyl sites for hydroxylation is 1. The van der Waals surface area contributed by atoms with Gasteiger partial charge < -0.3 is 14.5 Å². The fourth-order valence-corrected chi connectivity index (χ4v) is 2.75. The van der Waals surface area contributed by atoms with Crippen LogP contribution >= 0.6 is 0 Å². The van der Waals surface area contributed by atoms with E-state index in [1.165, 1.54) is 0 Å². The zero-order chi connectivity index (χ0) is 18.4. The van der Waals surface area contributed by atoms with Gasteiger partial charge in [-0.1, -0.05) is 36.4 Å². The second-order valence-electron chi connectivity index (χ2n) is 5.98. The quantitative estimate of drug-likeness (QED) is 0.708. The van der Waals surface area contributed by atoms with E-state index in [1.807, 2.05) is 61.5 Å². The Morgan fingerprint density at radius 2 is 1.85 bits per heavy atom. The van der Waals surface area contributed by atoms with E-state index < -0.39 is 0 Å². The second kappa shape index (κ2) is 8.34. The summed E-state index contributed by atoms with van der Waals surface area (Å²) in [6.45, 7) is 2.39. The molecule has 3 rings (SSSR count). The number of carbonyl (C=O) groups is 1. The Balaban J connectivity index is 1.56. The van der Waals surface area contributed by atoms with Crippen LogP contribution in [0.25, 0.3) is 11.5 Å². The van der Waals surface area contributed by atoms with Gasteiger partial charge in [0.15, 0.2) is 0 Å². The fraction of sp³-hybridized carbons (Fsp3) is 0.238. The number of benzene rings is 2. The molecule has 0 unspecified atom stereocenters. The molecule has 0 radical (unpaired) electrons. The molecular formula is C21H22N2O3. The third-order valence-corrected chi connectivity index (χ3v) is 4.14. The number of hydrogen-bond donors (Lipinski definition) is 1. The van der Waals surface area contributed by atoms with Gasteiger partial charge in [0, 0.05) is 12.1 Å². The van der Waals surface area contributed by atoms with Crippen LogP contribution in [0.5, 0.6) is 5.75 Å². The molecule has 2 aromatic carbocycles. The van der Waals surface area contributed by atoms with E-state index in [1.54, 1.807) is 7.11 Å². The maximum Gasteiger partial charge on any atom is 0.227 e. The zero-order valence-corrected chi connectivity index (χ0v) is 15.0. The average molecular weight is 350 g/mol. The largest absolute Gasteiger partial charge is 0.496 e. The molecule has 3 aromatic rings. The minimum Gasteiger partial charge on any atom is -0.496 e. The van der Waals surface area contributed by atoms with Crippen molar-refractivity contribution < 1.29 is 13.9 Å². The van der Waals surface area contributed by atoms with Gasteiger partial charge in [-0.25, -0.2) is 4.98 Å². The molecule has 134 valence electrons. The second-order valence-corrected chi connectivity index (χ2v) is 5.98. The Morgan fingerprint density at radius 3 is 2.62 bits per heavy atom. The number of methoxy groups -OCH3 is 1. The number of nitrogens with zero attached hydrogens (tertiary/aromatic N) is 1. The Hall–Kier alpha value is -3.08. The first-order valence-electron chi connectivity index (χ1n) is 8.57. The minimum absolute atomic E-state index is 0.0845. The van der Waals surface area contributed by atoms with Crippen molar-refractivity contribution in [3.8, 4) is 17.2 Å². The molecule has 0 aliphatic heterocycles. The highest BCUT2D eigenvalue weighted by Crippen LogP contribution is 2.22. The Bertz CT molecular complexity index is 872. The summed E-state index contributed by atoms with van der Waals surface area (Å²) in [5.41, 5.74) is 2.71. The molecule has 1 aromatic heterocycles. The van der Waals surface area contributed by atoms with Gasteiger partial charge in [0.25, 0.3) is 0 Å². The molecule has 0 fully saturated rings. The van der Waals surface area contributed by atoms with Gasteiger partial charge >= 0.3 is 0 Å². The summed E-state index contributed by atoms with van der Waals surface area (Å²) >= 11 is 0. The molecule has 0 spiro atoms. The van der Waals surface area contributed by atoms with Crippen LogP contribution in [0.4, 0.5) is 0 Å². The lowest BCUT2D eigenvalue weighted by Crippen LogP contribution is -2.27. The van der Waals surface area contributed by atoms with Crippen LogP contribution in [-0.2, 0) is 17.6 Å². The van der Waals surface area contributed by atoms with Crippen LogP contribution in [-0.4, -0.2) is 24.5 Å². The molecular weight excluding hydrogens is 328 g/mol. The van der Waals surface area contributed by atoms with Gasteiger partial charge in [0.2, 0.25) is 11.8 Å². The summed E-state index contributed by atoms with van der Waals surface area (Å²) in [5.74, 6) is 1.89. The molecule has 0 aliphatic rings. The Labute approximate surface area is 153 Å². The lowest BCUT2D eigenvalue weighted by Gasteiger charge is -2.08. The van der Waals surface area contributed by atoms with Crippen molar-refractivity contribution in [3.63, 3.8) is 0 Å². The summed E-state index contributed by atoms with van der Waals surface area (Å²) in [5, 5.41) is 2.92. The maximum absolute atomic E-state index is 12.2. The van der Waals surface area contributed by atoms with Crippen LogP contribution in [0.1, 0.15) is 17.0 Å². The molecule has 1 heterocycles. The van der Waals surface area contributed by atoms with E-state index in [2.05, 4.69) is 10.3 Å². The van der Waals surface area contributed by atoms with E-state index in [9.17, 15) is 4.79 Å². The van der Waals surface area contributed by atoms with E-state index in [0.29, 0.717) is 24.6 Å². The molecule has 1 amide bonds. The summed E-state index contributed by atoms with van der Waals surface area (Å²) < 4.78 is 11.1. The first-order valence-corrected chi connectivity index (χ1v) is 8.57. The number of aromatic nitrogens is 1. The zero-order valence-electron chi connectivity index (χ0n) is 15.0. The summed E-state index contributed by atoms with van der Waals surface area (Å²) in [6.07, 6.45) is 0.887. The third-order valence-electron chi connectivity index (χ3n) is 4.14. The van der Waals surface area contributed by atoms with Gasteiger partial charge in [0.05, 0.1) is 19.2 Å². The van der Waals surface area contributed by atoms with Crippen molar-refractivity contribution >= 4 is 5.91 Å². The number of carbonyl (C=O) groups excluding carboxylic acids is 1. The number of nitrogens with one attached hydrogen (secondary N) is 1. The van der Waals surface area contributed by atoms with Gasteiger partial charge in [-0.05, 0) is 37.1 Å². The number of para-hydroxylation sites is 1. The fourth-order valence-electron chi connectivity index (χ4n) is 2.75. The summed E-state index contributed by atoms with van der Waals surface area (Å²) in [7, 11) is 1.65. The predicted molar refractivity (Wildman–Crippen MR) is 100 cm³/mol. The SMILES string of the molecule is COc1ccccc1CCNC(=O)Cc1oc(-c2ccccc2)nc1C. The Morgan fingerprint density at radius 1 is 1.12 bits per heavy atom. The normalized spacial score (nSPS) is 10.5. The standard InChI is InChI=1S/C21H22N2O3/c1-15-19(26-21(23-15)17-9-4-3-5-10-17)14-20(24)22-13-12-16-8-6-7-11-18(16)25-2/h3-11H,12-14H2,1-2H3,(H,22,24). The lowest BCUT2D eigenvalue weighted by molar-refractivity contribution is -0.120. The summed E-state index contributed by atoms with van der Waals surface area (Å²) in [6, 6.07) is 17.5. The number of ether oxygens (including phenoxy) is 1. The van der Waals surface area contributed by atoms with Crippen molar-refractivity contribution in [3.05, 3.63) is 71.6 Å². The van der Waals surface area contributed by atoms with E-state index in [-0.39, 0.29) is 12.3 Å². The molecule has 0 saturated heterocycles. The number of oxazole rings is 1. The van der Waals surface area contributed by atoms with Gasteiger partial charge in [-0.15, -0.1) is 0 Å². The topological polar surface area (TPSA) is 64.4 Å². The molecule has 5 nitrogen and oxygen atoms in total. The molecule has 0 bridgehead atoms. The highest BCUT2D eigenvalue weighted by molar-refractivity contribution is 5.78. The van der Waals surface area contributed by atoms with Crippen LogP contribution in [0.3, 0.4) is 0 Å². The lowest BCUT2D eigenvalue weighted by atomic mass is 10.1. The van der Waals surface area contributed by atoms with Crippen molar-refractivity contribution in [1.29, 1.82) is 0 Å². The highest BCUT2D eigenvalue weighted by atomic mass is 16.5. The van der Waals surface area contributed by atoms with E-state index >= 15 is 0 Å². The van der Waals surface area contributed by atoms with Crippen molar-refractivity contribution in [2.45, 2.75) is 19.8 Å². The smallest absolute Gasteiger partial charge is 0.227 e. The van der Waals surface area contributed by atoms with Crippen LogP contribution in [0.15, 0.2) is 59.0 Å². The predicted octanol–water partition coefficient (Wildman–Crippen LogP) is 3.56. The third kappa shape index (κ3) is 4.30. The van der Waals surface area contributed by atoms with Gasteiger partial charge in [-0.3, -0.25) is 4.79 Å². The van der Waals surface area contributed by atoms with Gasteiger partial charge in [-0.2, -0.15) is 0 Å². The maximum atomic E-state index is 12.2. The van der Waals surface area contributed by atoms with Crippen LogP contribution in [0.2, 0.25) is 0 Å². The monoisotopic (exact) mass is 350 g/mol. The summed E-state index contributed by atoms with van der Waals surface area (Å²) in [4.78, 5) is 16.6. The van der Waals surface area contributed by atoms with E-state index in [4.69, 9.17) is 9.15 Å². The molecule has 0 aliphatic carbocycles. The number of amides is 1. The molecule has 26 heavy (non-hydrogen) atoms. The van der Waals surface area contributed by atoms with Crippen LogP contribution < -0.4 is 10.1 Å². The molecule has 5 heteroatoms. The number of hydrogen-bond acceptors (Lipinski definition) is 4. The molecule has 0 saturated carbocycles. The van der Waals surface area contributed by atoms with Crippen molar-refractivity contribution in [1.82, 2.24) is 10.3 Å².